The summed E-state index contributed by atoms with van der Waals surface area (Å²) in [7, 11) is 1.61. The van der Waals surface area contributed by atoms with E-state index in [1.54, 1.807) is 19.2 Å². The lowest BCUT2D eigenvalue weighted by Gasteiger charge is -2.20. The lowest BCUT2D eigenvalue weighted by atomic mass is 10.1. The molecule has 1 rings (SSSR count). The SMILES string of the molecule is CNC(=O)c1ccc(CN=C(N)NC(C)(C)C)cc1. The van der Waals surface area contributed by atoms with Gasteiger partial charge in [-0.1, -0.05) is 12.1 Å². The van der Waals surface area contributed by atoms with Crippen LogP contribution in [0, 0.1) is 0 Å². The van der Waals surface area contributed by atoms with Crippen molar-refractivity contribution in [2.24, 2.45) is 10.7 Å². The Morgan fingerprint density at radius 1 is 1.26 bits per heavy atom. The van der Waals surface area contributed by atoms with Crippen LogP contribution in [0.15, 0.2) is 29.3 Å². The van der Waals surface area contributed by atoms with Crippen molar-refractivity contribution in [2.75, 3.05) is 7.05 Å². The highest BCUT2D eigenvalue weighted by Gasteiger charge is 2.09. The molecule has 0 aliphatic heterocycles. The molecular formula is C14H22N4O. The second-order valence-corrected chi connectivity index (χ2v) is 5.35. The predicted octanol–water partition coefficient (Wildman–Crippen LogP) is 1.25. The first-order valence-corrected chi connectivity index (χ1v) is 6.21. The zero-order valence-corrected chi connectivity index (χ0v) is 11.9. The van der Waals surface area contributed by atoms with E-state index in [0.29, 0.717) is 18.1 Å². The van der Waals surface area contributed by atoms with Gasteiger partial charge >= 0.3 is 0 Å². The summed E-state index contributed by atoms with van der Waals surface area (Å²) < 4.78 is 0. The zero-order chi connectivity index (χ0) is 14.5. The van der Waals surface area contributed by atoms with Crippen LogP contribution in [-0.2, 0) is 6.54 Å². The average Bonchev–Trinajstić information content (AvgIpc) is 2.34. The van der Waals surface area contributed by atoms with Gasteiger partial charge in [-0.05, 0) is 38.5 Å². The number of rotatable bonds is 3. The normalized spacial score (nSPS) is 12.1. The fourth-order valence-electron chi connectivity index (χ4n) is 1.51. The Balaban J connectivity index is 2.63. The van der Waals surface area contributed by atoms with Crippen molar-refractivity contribution in [1.29, 1.82) is 0 Å². The Labute approximate surface area is 114 Å². The van der Waals surface area contributed by atoms with Gasteiger partial charge in [0, 0.05) is 18.2 Å². The van der Waals surface area contributed by atoms with Crippen LogP contribution in [0.3, 0.4) is 0 Å². The van der Waals surface area contributed by atoms with Crippen molar-refractivity contribution in [3.05, 3.63) is 35.4 Å². The van der Waals surface area contributed by atoms with Gasteiger partial charge in [0.25, 0.3) is 5.91 Å². The maximum Gasteiger partial charge on any atom is 0.251 e. The number of amides is 1. The fraction of sp³-hybridized carbons (Fsp3) is 0.429. The molecule has 0 saturated heterocycles. The van der Waals surface area contributed by atoms with E-state index in [1.165, 1.54) is 0 Å². The minimum absolute atomic E-state index is 0.0936. The first kappa shape index (κ1) is 15.0. The Morgan fingerprint density at radius 2 is 1.84 bits per heavy atom. The summed E-state index contributed by atoms with van der Waals surface area (Å²) in [5.41, 5.74) is 7.32. The van der Waals surface area contributed by atoms with Crippen molar-refractivity contribution in [3.8, 4) is 0 Å². The number of guanidine groups is 1. The first-order chi connectivity index (χ1) is 8.81. The van der Waals surface area contributed by atoms with Gasteiger partial charge in [0.05, 0.1) is 6.54 Å². The van der Waals surface area contributed by atoms with Crippen LogP contribution in [0.2, 0.25) is 0 Å². The maximum absolute atomic E-state index is 11.4. The van der Waals surface area contributed by atoms with Crippen LogP contribution in [0.1, 0.15) is 36.7 Å². The minimum atomic E-state index is -0.101. The Bertz CT molecular complexity index is 457. The van der Waals surface area contributed by atoms with Crippen LogP contribution >= 0.6 is 0 Å². The molecule has 0 radical (unpaired) electrons. The van der Waals surface area contributed by atoms with E-state index in [1.807, 2.05) is 32.9 Å². The number of nitrogens with zero attached hydrogens (tertiary/aromatic N) is 1. The summed E-state index contributed by atoms with van der Waals surface area (Å²) in [4.78, 5) is 15.6. The smallest absolute Gasteiger partial charge is 0.251 e. The molecule has 0 aliphatic rings. The molecule has 0 aromatic heterocycles. The lowest BCUT2D eigenvalue weighted by Crippen LogP contribution is -2.44. The third kappa shape index (κ3) is 5.42. The molecule has 0 bridgehead atoms. The quantitative estimate of drug-likeness (QED) is 0.566. The minimum Gasteiger partial charge on any atom is -0.370 e. The highest BCUT2D eigenvalue weighted by molar-refractivity contribution is 5.93. The number of hydrogen-bond acceptors (Lipinski definition) is 2. The van der Waals surface area contributed by atoms with E-state index in [9.17, 15) is 4.79 Å². The van der Waals surface area contributed by atoms with Gasteiger partial charge < -0.3 is 16.4 Å². The average molecular weight is 262 g/mol. The molecule has 0 spiro atoms. The standard InChI is InChI=1S/C14H22N4O/c1-14(2,3)18-13(15)17-9-10-5-7-11(8-6-10)12(19)16-4/h5-8H,9H2,1-4H3,(H,16,19)(H3,15,17,18). The number of benzene rings is 1. The summed E-state index contributed by atoms with van der Waals surface area (Å²) in [5, 5.41) is 5.67. The molecule has 0 aliphatic carbocycles. The number of nitrogens with one attached hydrogen (secondary N) is 2. The molecule has 1 aromatic carbocycles. The van der Waals surface area contributed by atoms with E-state index in [2.05, 4.69) is 15.6 Å². The molecule has 104 valence electrons. The van der Waals surface area contributed by atoms with E-state index in [-0.39, 0.29) is 11.4 Å². The van der Waals surface area contributed by atoms with Crippen molar-refractivity contribution in [3.63, 3.8) is 0 Å². The van der Waals surface area contributed by atoms with Gasteiger partial charge in [-0.15, -0.1) is 0 Å². The third-order valence-corrected chi connectivity index (χ3v) is 2.38. The largest absolute Gasteiger partial charge is 0.370 e. The molecule has 5 nitrogen and oxygen atoms in total. The van der Waals surface area contributed by atoms with Crippen molar-refractivity contribution in [2.45, 2.75) is 32.9 Å². The second kappa shape index (κ2) is 6.22. The Hall–Kier alpha value is -2.04. The van der Waals surface area contributed by atoms with Gasteiger partial charge in [0.15, 0.2) is 5.96 Å². The Morgan fingerprint density at radius 3 is 2.32 bits per heavy atom. The molecular weight excluding hydrogens is 240 g/mol. The lowest BCUT2D eigenvalue weighted by molar-refractivity contribution is 0.0963. The van der Waals surface area contributed by atoms with E-state index in [4.69, 9.17) is 5.73 Å². The van der Waals surface area contributed by atoms with Gasteiger partial charge in [0.1, 0.15) is 0 Å². The van der Waals surface area contributed by atoms with Crippen LogP contribution in [0.25, 0.3) is 0 Å². The van der Waals surface area contributed by atoms with Gasteiger partial charge in [-0.3, -0.25) is 4.79 Å². The maximum atomic E-state index is 11.4. The van der Waals surface area contributed by atoms with Crippen molar-refractivity contribution >= 4 is 11.9 Å². The molecule has 0 atom stereocenters. The van der Waals surface area contributed by atoms with Crippen LogP contribution < -0.4 is 16.4 Å². The highest BCUT2D eigenvalue weighted by Crippen LogP contribution is 2.06. The summed E-state index contributed by atoms with van der Waals surface area (Å²) in [6.07, 6.45) is 0. The van der Waals surface area contributed by atoms with Gasteiger partial charge in [-0.2, -0.15) is 0 Å². The molecule has 1 aromatic rings. The third-order valence-electron chi connectivity index (χ3n) is 2.38. The van der Waals surface area contributed by atoms with Gasteiger partial charge in [0.2, 0.25) is 0 Å². The number of hydrogen-bond donors (Lipinski definition) is 3. The van der Waals surface area contributed by atoms with Crippen LogP contribution in [0.5, 0.6) is 0 Å². The number of carbonyl (C=O) groups excluding carboxylic acids is 1. The molecule has 0 fully saturated rings. The number of carbonyl (C=O) groups is 1. The predicted molar refractivity (Wildman–Crippen MR) is 78.0 cm³/mol. The topological polar surface area (TPSA) is 79.5 Å². The molecule has 1 amide bonds. The molecule has 0 saturated carbocycles. The van der Waals surface area contributed by atoms with Crippen molar-refractivity contribution < 1.29 is 4.79 Å². The van der Waals surface area contributed by atoms with E-state index < -0.39 is 0 Å². The molecule has 4 N–H and O–H groups in total. The second-order valence-electron chi connectivity index (χ2n) is 5.35. The highest BCUT2D eigenvalue weighted by atomic mass is 16.1. The first-order valence-electron chi connectivity index (χ1n) is 6.21. The number of nitrogens with two attached hydrogens (primary N) is 1. The monoisotopic (exact) mass is 262 g/mol. The summed E-state index contributed by atoms with van der Waals surface area (Å²) >= 11 is 0. The molecule has 5 heteroatoms. The summed E-state index contributed by atoms with van der Waals surface area (Å²) in [5.74, 6) is 0.326. The van der Waals surface area contributed by atoms with E-state index >= 15 is 0 Å². The van der Waals surface area contributed by atoms with E-state index in [0.717, 1.165) is 5.56 Å². The molecule has 19 heavy (non-hydrogen) atoms. The molecule has 0 heterocycles. The summed E-state index contributed by atoms with van der Waals surface area (Å²) in [6.45, 7) is 6.55. The molecule has 0 unspecified atom stereocenters. The van der Waals surface area contributed by atoms with Crippen molar-refractivity contribution in [1.82, 2.24) is 10.6 Å². The summed E-state index contributed by atoms with van der Waals surface area (Å²) in [6, 6.07) is 7.30. The number of aliphatic imine (C=N–C) groups is 1. The van der Waals surface area contributed by atoms with Gasteiger partial charge in [-0.25, -0.2) is 4.99 Å². The zero-order valence-electron chi connectivity index (χ0n) is 11.9. The van der Waals surface area contributed by atoms with Crippen LogP contribution in [-0.4, -0.2) is 24.5 Å². The fourth-order valence-corrected chi connectivity index (χ4v) is 1.51. The Kier molecular flexibility index (Phi) is 4.92. The van der Waals surface area contributed by atoms with Crippen LogP contribution in [0.4, 0.5) is 0 Å².